The first-order valence-electron chi connectivity index (χ1n) is 8.45. The van der Waals surface area contributed by atoms with E-state index in [4.69, 9.17) is 11.5 Å². The zero-order valence-corrected chi connectivity index (χ0v) is 14.1. The molecule has 132 valence electrons. The molecule has 0 bridgehead atoms. The van der Waals surface area contributed by atoms with Crippen LogP contribution in [0.5, 0.6) is 0 Å². The van der Waals surface area contributed by atoms with Crippen molar-refractivity contribution in [2.24, 2.45) is 11.5 Å². The topological polar surface area (TPSA) is 107 Å². The van der Waals surface area contributed by atoms with E-state index >= 15 is 0 Å². The first kappa shape index (κ1) is 16.3. The van der Waals surface area contributed by atoms with Crippen LogP contribution in [0.4, 0.5) is 0 Å². The summed E-state index contributed by atoms with van der Waals surface area (Å²) in [5.41, 5.74) is 14.1. The van der Waals surface area contributed by atoms with Crippen molar-refractivity contribution in [1.29, 1.82) is 0 Å². The second-order valence-corrected chi connectivity index (χ2v) is 6.50. The van der Waals surface area contributed by atoms with Gasteiger partial charge in [-0.3, -0.25) is 9.59 Å². The number of nitrogens with zero attached hydrogens (tertiary/aromatic N) is 3. The number of nitrogens with two attached hydrogens (primary N) is 2. The van der Waals surface area contributed by atoms with Crippen LogP contribution in [0.15, 0.2) is 48.7 Å². The average molecular weight is 349 g/mol. The molecule has 1 fully saturated rings. The minimum Gasteiger partial charge on any atom is -0.366 e. The van der Waals surface area contributed by atoms with Gasteiger partial charge in [0.2, 0.25) is 5.91 Å². The average Bonchev–Trinajstić information content (AvgIpc) is 3.20. The van der Waals surface area contributed by atoms with E-state index in [1.54, 1.807) is 21.7 Å². The van der Waals surface area contributed by atoms with Crippen molar-refractivity contribution in [3.63, 3.8) is 0 Å². The Balaban J connectivity index is 1.59. The summed E-state index contributed by atoms with van der Waals surface area (Å²) in [5.74, 6) is -0.490. The Labute approximate surface area is 150 Å². The lowest BCUT2D eigenvalue weighted by Crippen LogP contribution is -2.33. The normalized spacial score (nSPS) is 17.2. The predicted octanol–water partition coefficient (Wildman–Crippen LogP) is 1.18. The van der Waals surface area contributed by atoms with E-state index in [1.165, 1.54) is 0 Å². The van der Waals surface area contributed by atoms with Gasteiger partial charge in [-0.2, -0.15) is 5.10 Å². The number of benzene rings is 2. The molecule has 0 spiro atoms. The van der Waals surface area contributed by atoms with Crippen LogP contribution in [0.25, 0.3) is 16.6 Å². The smallest absolute Gasteiger partial charge is 0.250 e. The Bertz CT molecular complexity index is 993. The maximum atomic E-state index is 11.9. The molecule has 4 rings (SSSR count). The lowest BCUT2D eigenvalue weighted by Gasteiger charge is -2.16. The minimum atomic E-state index is -0.496. The highest BCUT2D eigenvalue weighted by Gasteiger charge is 2.28. The van der Waals surface area contributed by atoms with E-state index < -0.39 is 5.91 Å². The third kappa shape index (κ3) is 2.82. The first-order valence-corrected chi connectivity index (χ1v) is 8.45. The van der Waals surface area contributed by atoms with Gasteiger partial charge in [-0.15, -0.1) is 0 Å². The monoisotopic (exact) mass is 349 g/mol. The fourth-order valence-electron chi connectivity index (χ4n) is 3.27. The fraction of sp³-hybridized carbons (Fsp3) is 0.211. The Hall–Kier alpha value is -3.19. The molecule has 7 nitrogen and oxygen atoms in total. The molecule has 1 atom stereocenters. The van der Waals surface area contributed by atoms with Gasteiger partial charge in [0, 0.05) is 24.7 Å². The third-order valence-electron chi connectivity index (χ3n) is 4.72. The molecule has 1 aromatic heterocycles. The van der Waals surface area contributed by atoms with Crippen LogP contribution >= 0.6 is 0 Å². The van der Waals surface area contributed by atoms with Crippen LogP contribution in [0.3, 0.4) is 0 Å². The maximum absolute atomic E-state index is 11.9. The summed E-state index contributed by atoms with van der Waals surface area (Å²) in [5, 5.41) is 5.34. The number of carbonyl (C=O) groups is 2. The quantitative estimate of drug-likeness (QED) is 0.737. The number of rotatable bonds is 4. The minimum absolute atomic E-state index is 0.00591. The van der Waals surface area contributed by atoms with Crippen molar-refractivity contribution in [1.82, 2.24) is 14.7 Å². The summed E-state index contributed by atoms with van der Waals surface area (Å²) in [4.78, 5) is 25.3. The Morgan fingerprint density at radius 3 is 2.62 bits per heavy atom. The van der Waals surface area contributed by atoms with Crippen molar-refractivity contribution < 1.29 is 9.59 Å². The number of fused-ring (bicyclic) bond motifs is 1. The highest BCUT2D eigenvalue weighted by atomic mass is 16.2. The van der Waals surface area contributed by atoms with Crippen LogP contribution < -0.4 is 11.5 Å². The van der Waals surface area contributed by atoms with Crippen molar-refractivity contribution in [3.05, 3.63) is 59.8 Å². The van der Waals surface area contributed by atoms with Gasteiger partial charge < -0.3 is 16.4 Å². The molecule has 0 saturated carbocycles. The van der Waals surface area contributed by atoms with Crippen molar-refractivity contribution in [2.75, 3.05) is 6.54 Å². The van der Waals surface area contributed by atoms with E-state index in [2.05, 4.69) is 5.10 Å². The van der Waals surface area contributed by atoms with Gasteiger partial charge in [-0.25, -0.2) is 4.68 Å². The van der Waals surface area contributed by atoms with Crippen LogP contribution in [-0.2, 0) is 11.3 Å². The lowest BCUT2D eigenvalue weighted by atomic mass is 10.1. The standard InChI is InChI=1S/C19H19N5O2/c20-16-8-9-23(19(16)26)10-12-4-6-14(7-5-12)24-11-13-2-1-3-15(18(21)25)17(13)22-24/h1-7,11,16H,8-10,20H2,(H2,21,25). The molecule has 1 aliphatic heterocycles. The van der Waals surface area contributed by atoms with Crippen molar-refractivity contribution >= 4 is 22.7 Å². The summed E-state index contributed by atoms with van der Waals surface area (Å²) < 4.78 is 1.72. The van der Waals surface area contributed by atoms with Crippen LogP contribution in [0, 0.1) is 0 Å². The molecule has 4 N–H and O–H groups in total. The molecule has 0 aliphatic carbocycles. The molecule has 26 heavy (non-hydrogen) atoms. The van der Waals surface area contributed by atoms with Gasteiger partial charge in [0.05, 0.1) is 17.3 Å². The molecule has 1 unspecified atom stereocenters. The maximum Gasteiger partial charge on any atom is 0.250 e. The first-order chi connectivity index (χ1) is 12.5. The molecule has 0 radical (unpaired) electrons. The zero-order valence-electron chi connectivity index (χ0n) is 14.1. The molecular weight excluding hydrogens is 330 g/mol. The summed E-state index contributed by atoms with van der Waals surface area (Å²) in [6, 6.07) is 12.8. The molecule has 2 amide bonds. The molecule has 1 aliphatic rings. The Kier molecular flexibility index (Phi) is 3.93. The summed E-state index contributed by atoms with van der Waals surface area (Å²) in [7, 11) is 0. The van der Waals surface area contributed by atoms with Crippen LogP contribution in [0.2, 0.25) is 0 Å². The second-order valence-electron chi connectivity index (χ2n) is 6.50. The SMILES string of the molecule is NC(=O)c1cccc2cn(-c3ccc(CN4CCC(N)C4=O)cc3)nc12. The number of hydrogen-bond donors (Lipinski definition) is 2. The molecule has 7 heteroatoms. The van der Waals surface area contributed by atoms with Gasteiger partial charge in [0.1, 0.15) is 5.52 Å². The van der Waals surface area contributed by atoms with Gasteiger partial charge in [0.25, 0.3) is 5.91 Å². The Morgan fingerprint density at radius 1 is 1.19 bits per heavy atom. The van der Waals surface area contributed by atoms with Gasteiger partial charge in [-0.05, 0) is 30.2 Å². The largest absolute Gasteiger partial charge is 0.366 e. The number of amides is 2. The third-order valence-corrected chi connectivity index (χ3v) is 4.72. The molecule has 2 aromatic carbocycles. The summed E-state index contributed by atoms with van der Waals surface area (Å²) in [6.07, 6.45) is 2.57. The van der Waals surface area contributed by atoms with Crippen molar-refractivity contribution in [2.45, 2.75) is 19.0 Å². The van der Waals surface area contributed by atoms with Gasteiger partial charge in [0.15, 0.2) is 0 Å². The van der Waals surface area contributed by atoms with E-state index in [0.717, 1.165) is 16.6 Å². The van der Waals surface area contributed by atoms with Crippen molar-refractivity contribution in [3.8, 4) is 5.69 Å². The predicted molar refractivity (Wildman–Crippen MR) is 97.6 cm³/mol. The van der Waals surface area contributed by atoms with Gasteiger partial charge in [-0.1, -0.05) is 24.3 Å². The number of primary amides is 1. The van der Waals surface area contributed by atoms with Crippen LogP contribution in [0.1, 0.15) is 22.3 Å². The van der Waals surface area contributed by atoms with E-state index in [0.29, 0.717) is 30.6 Å². The molecule has 1 saturated heterocycles. The van der Waals surface area contributed by atoms with E-state index in [1.807, 2.05) is 36.5 Å². The van der Waals surface area contributed by atoms with E-state index in [9.17, 15) is 9.59 Å². The summed E-state index contributed by atoms with van der Waals surface area (Å²) in [6.45, 7) is 1.25. The number of carbonyl (C=O) groups excluding carboxylic acids is 2. The molecule has 3 aromatic rings. The van der Waals surface area contributed by atoms with E-state index in [-0.39, 0.29) is 11.9 Å². The second kappa shape index (κ2) is 6.27. The molecular formula is C19H19N5O2. The number of hydrogen-bond acceptors (Lipinski definition) is 4. The lowest BCUT2D eigenvalue weighted by molar-refractivity contribution is -0.129. The Morgan fingerprint density at radius 2 is 1.96 bits per heavy atom. The highest BCUT2D eigenvalue weighted by Crippen LogP contribution is 2.20. The molecule has 2 heterocycles. The fourth-order valence-corrected chi connectivity index (χ4v) is 3.27. The number of likely N-dealkylation sites (tertiary alicyclic amines) is 1. The highest BCUT2D eigenvalue weighted by molar-refractivity contribution is 6.04. The van der Waals surface area contributed by atoms with Crippen LogP contribution in [-0.4, -0.2) is 39.1 Å². The summed E-state index contributed by atoms with van der Waals surface area (Å²) >= 11 is 0. The van der Waals surface area contributed by atoms with Gasteiger partial charge >= 0.3 is 0 Å². The number of aromatic nitrogens is 2. The zero-order chi connectivity index (χ0) is 18.3.